The molecule has 6 heteroatoms. The predicted molar refractivity (Wildman–Crippen MR) is 324 cm³/mol. The molecule has 0 spiro atoms. The van der Waals surface area contributed by atoms with Gasteiger partial charge in [-0.3, -0.25) is 9.59 Å². The molecule has 0 saturated heterocycles. The number of aliphatic hydroxyl groups is 2. The Morgan fingerprint density at radius 3 is 0.959 bits per heavy atom. The van der Waals surface area contributed by atoms with Crippen LogP contribution in [-0.4, -0.2) is 47.4 Å². The van der Waals surface area contributed by atoms with Crippen LogP contribution in [-0.2, 0) is 14.3 Å². The van der Waals surface area contributed by atoms with E-state index in [0.717, 1.165) is 44.9 Å². The summed E-state index contributed by atoms with van der Waals surface area (Å²) in [6.45, 7) is 4.97. The van der Waals surface area contributed by atoms with Crippen LogP contribution in [0.4, 0.5) is 0 Å². The Morgan fingerprint density at radius 2 is 0.635 bits per heavy atom. The molecule has 0 heterocycles. The Kier molecular flexibility index (Phi) is 62.4. The first kappa shape index (κ1) is 72.3. The van der Waals surface area contributed by atoms with E-state index >= 15 is 0 Å². The van der Waals surface area contributed by atoms with Gasteiger partial charge in [-0.2, -0.15) is 0 Å². The third-order valence-electron chi connectivity index (χ3n) is 15.7. The van der Waals surface area contributed by atoms with Crippen molar-refractivity contribution in [3.63, 3.8) is 0 Å². The number of rotatable bonds is 63. The van der Waals surface area contributed by atoms with Crippen LogP contribution >= 0.6 is 0 Å². The highest BCUT2D eigenvalue weighted by atomic mass is 16.5. The summed E-state index contributed by atoms with van der Waals surface area (Å²) in [5, 5.41) is 23.4. The molecule has 2 unspecified atom stereocenters. The number of aliphatic hydroxyl groups excluding tert-OH is 2. The molecular weight excluding hydrogens is 911 g/mol. The molecule has 74 heavy (non-hydrogen) atoms. The minimum absolute atomic E-state index is 0.00155. The van der Waals surface area contributed by atoms with E-state index in [0.29, 0.717) is 25.9 Å². The second-order valence-corrected chi connectivity index (χ2v) is 23.1. The van der Waals surface area contributed by atoms with Crippen molar-refractivity contribution in [2.75, 3.05) is 13.2 Å². The van der Waals surface area contributed by atoms with Crippen LogP contribution in [0.15, 0.2) is 24.3 Å². The number of nitrogens with one attached hydrogen (secondary N) is 1. The third-order valence-corrected chi connectivity index (χ3v) is 15.7. The van der Waals surface area contributed by atoms with Crippen molar-refractivity contribution < 1.29 is 24.5 Å². The standard InChI is InChI=1S/C68H131NO5/c1-3-5-7-9-11-13-15-17-19-21-22-23-25-29-32-36-40-44-48-52-56-60-66(71)65(64-70)69-67(72)61-57-53-49-45-41-37-33-30-26-24-27-31-35-39-43-47-51-55-59-63-74-68(73)62-58-54-50-46-42-38-34-28-20-18-16-14-12-10-8-6-4-2/h18,20,24,26,65-66,70-71H,3-17,19,21-23,25,27-64H2,1-2H3,(H,69,72)/b20-18-,26-24-. The molecule has 2 atom stereocenters. The van der Waals surface area contributed by atoms with Gasteiger partial charge >= 0.3 is 5.97 Å². The van der Waals surface area contributed by atoms with Gasteiger partial charge < -0.3 is 20.3 Å². The van der Waals surface area contributed by atoms with Gasteiger partial charge in [-0.05, 0) is 77.0 Å². The van der Waals surface area contributed by atoms with E-state index in [9.17, 15) is 19.8 Å². The monoisotopic (exact) mass is 1040 g/mol. The molecule has 0 aromatic rings. The van der Waals surface area contributed by atoms with Gasteiger partial charge in [-0.1, -0.05) is 308 Å². The maximum atomic E-state index is 12.5. The summed E-state index contributed by atoms with van der Waals surface area (Å²) in [4.78, 5) is 24.6. The molecule has 0 radical (unpaired) electrons. The fraction of sp³-hybridized carbons (Fsp3) is 0.912. The van der Waals surface area contributed by atoms with E-state index in [1.165, 1.54) is 295 Å². The minimum Gasteiger partial charge on any atom is -0.466 e. The van der Waals surface area contributed by atoms with E-state index in [1.54, 1.807) is 0 Å². The quantitative estimate of drug-likeness (QED) is 0.0320. The lowest BCUT2D eigenvalue weighted by Gasteiger charge is -2.22. The Bertz CT molecular complexity index is 1150. The van der Waals surface area contributed by atoms with Gasteiger partial charge in [-0.15, -0.1) is 0 Å². The lowest BCUT2D eigenvalue weighted by molar-refractivity contribution is -0.143. The van der Waals surface area contributed by atoms with Gasteiger partial charge in [0.05, 0.1) is 25.4 Å². The van der Waals surface area contributed by atoms with Crippen molar-refractivity contribution in [1.82, 2.24) is 5.32 Å². The molecule has 3 N–H and O–H groups in total. The van der Waals surface area contributed by atoms with Crippen molar-refractivity contribution in [3.05, 3.63) is 24.3 Å². The fourth-order valence-electron chi connectivity index (χ4n) is 10.6. The zero-order valence-electron chi connectivity index (χ0n) is 50.1. The maximum absolute atomic E-state index is 12.5. The van der Waals surface area contributed by atoms with Crippen molar-refractivity contribution in [2.24, 2.45) is 0 Å². The van der Waals surface area contributed by atoms with Crippen LogP contribution < -0.4 is 5.32 Å². The predicted octanol–water partition coefficient (Wildman–Crippen LogP) is 21.4. The van der Waals surface area contributed by atoms with Gasteiger partial charge in [0.2, 0.25) is 5.91 Å². The number of amides is 1. The van der Waals surface area contributed by atoms with Crippen molar-refractivity contribution in [1.29, 1.82) is 0 Å². The third kappa shape index (κ3) is 59.6. The maximum Gasteiger partial charge on any atom is 0.305 e. The largest absolute Gasteiger partial charge is 0.466 e. The van der Waals surface area contributed by atoms with Crippen LogP contribution in [0.2, 0.25) is 0 Å². The average Bonchev–Trinajstić information content (AvgIpc) is 3.40. The number of hydrogen-bond donors (Lipinski definition) is 3. The zero-order valence-corrected chi connectivity index (χ0v) is 50.1. The second-order valence-electron chi connectivity index (χ2n) is 23.1. The number of allylic oxidation sites excluding steroid dienone is 4. The van der Waals surface area contributed by atoms with E-state index in [-0.39, 0.29) is 18.5 Å². The normalized spacial score (nSPS) is 12.6. The summed E-state index contributed by atoms with van der Waals surface area (Å²) >= 11 is 0. The van der Waals surface area contributed by atoms with E-state index in [2.05, 4.69) is 43.5 Å². The van der Waals surface area contributed by atoms with Gasteiger partial charge in [0.15, 0.2) is 0 Å². The molecule has 0 bridgehead atoms. The smallest absolute Gasteiger partial charge is 0.305 e. The van der Waals surface area contributed by atoms with Crippen LogP contribution in [0.1, 0.15) is 373 Å². The highest BCUT2D eigenvalue weighted by molar-refractivity contribution is 5.76. The molecule has 0 aliphatic heterocycles. The highest BCUT2D eigenvalue weighted by Crippen LogP contribution is 2.18. The number of carbonyl (C=O) groups excluding carboxylic acids is 2. The van der Waals surface area contributed by atoms with Crippen LogP contribution in [0.5, 0.6) is 0 Å². The molecule has 6 nitrogen and oxygen atoms in total. The lowest BCUT2D eigenvalue weighted by atomic mass is 10.0. The van der Waals surface area contributed by atoms with Crippen LogP contribution in [0, 0.1) is 0 Å². The first-order chi connectivity index (χ1) is 36.5. The molecule has 0 saturated carbocycles. The average molecular weight is 1040 g/mol. The molecule has 0 aliphatic carbocycles. The molecular formula is C68H131NO5. The molecule has 0 aromatic carbocycles. The Hall–Kier alpha value is -1.66. The molecule has 0 fully saturated rings. The van der Waals surface area contributed by atoms with E-state index in [1.807, 2.05) is 0 Å². The summed E-state index contributed by atoms with van der Waals surface area (Å²) in [5.74, 6) is -0.0394. The van der Waals surface area contributed by atoms with Crippen molar-refractivity contribution in [2.45, 2.75) is 386 Å². The number of esters is 1. The summed E-state index contributed by atoms with van der Waals surface area (Å²) in [5.41, 5.74) is 0. The first-order valence-electron chi connectivity index (χ1n) is 33.6. The summed E-state index contributed by atoms with van der Waals surface area (Å²) in [6, 6.07) is -0.550. The van der Waals surface area contributed by atoms with Crippen LogP contribution in [0.3, 0.4) is 0 Å². The topological polar surface area (TPSA) is 95.9 Å². The van der Waals surface area contributed by atoms with Crippen molar-refractivity contribution in [3.8, 4) is 0 Å². The van der Waals surface area contributed by atoms with Crippen LogP contribution in [0.25, 0.3) is 0 Å². The minimum atomic E-state index is -0.672. The lowest BCUT2D eigenvalue weighted by Crippen LogP contribution is -2.45. The molecule has 0 rings (SSSR count). The molecule has 0 aromatic heterocycles. The molecule has 0 aliphatic rings. The number of ether oxygens (including phenoxy) is 1. The Labute approximate surface area is 462 Å². The van der Waals surface area contributed by atoms with Gasteiger partial charge in [0.25, 0.3) is 0 Å². The summed E-state index contributed by atoms with van der Waals surface area (Å²) in [6.07, 6.45) is 79.1. The molecule has 438 valence electrons. The number of unbranched alkanes of at least 4 members (excludes halogenated alkanes) is 48. The summed E-state index contributed by atoms with van der Waals surface area (Å²) in [7, 11) is 0. The second kappa shape index (κ2) is 63.9. The van der Waals surface area contributed by atoms with Gasteiger partial charge in [0, 0.05) is 12.8 Å². The number of hydrogen-bond acceptors (Lipinski definition) is 5. The molecule has 1 amide bonds. The Morgan fingerprint density at radius 1 is 0.365 bits per heavy atom. The first-order valence-corrected chi connectivity index (χ1v) is 33.6. The zero-order chi connectivity index (χ0) is 53.6. The van der Waals surface area contributed by atoms with E-state index < -0.39 is 12.1 Å². The van der Waals surface area contributed by atoms with E-state index in [4.69, 9.17) is 4.74 Å². The highest BCUT2D eigenvalue weighted by Gasteiger charge is 2.20. The van der Waals surface area contributed by atoms with Gasteiger partial charge in [-0.25, -0.2) is 0 Å². The van der Waals surface area contributed by atoms with Gasteiger partial charge in [0.1, 0.15) is 0 Å². The summed E-state index contributed by atoms with van der Waals surface area (Å²) < 4.78 is 5.49. The Balaban J connectivity index is 3.43. The number of carbonyl (C=O) groups is 2. The fourth-order valence-corrected chi connectivity index (χ4v) is 10.6. The van der Waals surface area contributed by atoms with Crippen molar-refractivity contribution >= 4 is 11.9 Å². The SMILES string of the molecule is CCCCCCCC/C=C\CCCCCCCCCC(=O)OCCCCCCCCCC/C=C\CCCCCCCCCC(=O)NC(CO)C(O)CCCCCCCCCCCCCCCCCCCCCCC.